The number of hydrogen-bond acceptors (Lipinski definition) is 3. The molecule has 0 saturated heterocycles. The summed E-state index contributed by atoms with van der Waals surface area (Å²) in [6.45, 7) is 1.72. The third kappa shape index (κ3) is 4.24. The van der Waals surface area contributed by atoms with E-state index in [1.165, 1.54) is 6.07 Å². The van der Waals surface area contributed by atoms with Crippen LogP contribution in [0.1, 0.15) is 28.8 Å². The molecule has 0 aromatic heterocycles. The summed E-state index contributed by atoms with van der Waals surface area (Å²) in [5.41, 5.74) is 0.852. The minimum absolute atomic E-state index is 0.160. The molecular formula is C13H14ClNO5. The van der Waals surface area contributed by atoms with Gasteiger partial charge in [0.1, 0.15) is 6.04 Å². The van der Waals surface area contributed by atoms with Crippen LogP contribution >= 0.6 is 11.6 Å². The van der Waals surface area contributed by atoms with E-state index < -0.39 is 23.9 Å². The van der Waals surface area contributed by atoms with E-state index in [2.05, 4.69) is 5.32 Å². The Labute approximate surface area is 120 Å². The zero-order chi connectivity index (χ0) is 15.3. The number of benzene rings is 1. The molecule has 0 heterocycles. The largest absolute Gasteiger partial charge is 0.481 e. The average Bonchev–Trinajstić information content (AvgIpc) is 2.36. The number of rotatable bonds is 6. The van der Waals surface area contributed by atoms with E-state index in [4.69, 9.17) is 21.8 Å². The van der Waals surface area contributed by atoms with Crippen molar-refractivity contribution in [3.8, 4) is 0 Å². The molecule has 3 N–H and O–H groups in total. The van der Waals surface area contributed by atoms with Crippen molar-refractivity contribution >= 4 is 29.4 Å². The molecule has 1 aromatic rings. The summed E-state index contributed by atoms with van der Waals surface area (Å²) in [5.74, 6) is -3.06. The molecule has 0 saturated carbocycles. The fraction of sp³-hybridized carbons (Fsp3) is 0.308. The summed E-state index contributed by atoms with van der Waals surface area (Å²) in [5, 5.41) is 20.0. The summed E-state index contributed by atoms with van der Waals surface area (Å²) >= 11 is 5.98. The molecule has 1 amide bonds. The van der Waals surface area contributed by atoms with Crippen molar-refractivity contribution in [1.82, 2.24) is 5.32 Å². The first-order chi connectivity index (χ1) is 9.32. The lowest BCUT2D eigenvalue weighted by atomic mass is 10.1. The van der Waals surface area contributed by atoms with E-state index in [0.717, 1.165) is 0 Å². The van der Waals surface area contributed by atoms with E-state index in [9.17, 15) is 14.4 Å². The smallest absolute Gasteiger partial charge is 0.326 e. The third-order valence-electron chi connectivity index (χ3n) is 2.69. The van der Waals surface area contributed by atoms with Crippen molar-refractivity contribution < 1.29 is 24.6 Å². The predicted octanol–water partition coefficient (Wildman–Crippen LogP) is 1.70. The Balaban J connectivity index is 2.83. The van der Waals surface area contributed by atoms with Gasteiger partial charge >= 0.3 is 11.9 Å². The quantitative estimate of drug-likeness (QED) is 0.741. The van der Waals surface area contributed by atoms with Crippen LogP contribution in [0.5, 0.6) is 0 Å². The maximum absolute atomic E-state index is 12.0. The Hall–Kier alpha value is -2.08. The van der Waals surface area contributed by atoms with Crippen molar-refractivity contribution in [1.29, 1.82) is 0 Å². The topological polar surface area (TPSA) is 104 Å². The number of aryl methyl sites for hydroxylation is 1. The number of carbonyl (C=O) groups excluding carboxylic acids is 1. The van der Waals surface area contributed by atoms with Crippen LogP contribution in [0.2, 0.25) is 5.02 Å². The number of nitrogens with one attached hydrogen (secondary N) is 1. The van der Waals surface area contributed by atoms with Gasteiger partial charge in [0.2, 0.25) is 0 Å². The summed E-state index contributed by atoms with van der Waals surface area (Å²) in [4.78, 5) is 33.4. The normalized spacial score (nSPS) is 11.7. The zero-order valence-corrected chi connectivity index (χ0v) is 11.5. The maximum atomic E-state index is 12.0. The minimum atomic E-state index is -1.29. The summed E-state index contributed by atoms with van der Waals surface area (Å²) in [6, 6.07) is 3.55. The molecule has 108 valence electrons. The van der Waals surface area contributed by atoms with Gasteiger partial charge in [-0.05, 0) is 25.0 Å². The highest BCUT2D eigenvalue weighted by Gasteiger charge is 2.22. The van der Waals surface area contributed by atoms with E-state index in [1.807, 2.05) is 0 Å². The van der Waals surface area contributed by atoms with Crippen LogP contribution in [-0.4, -0.2) is 34.1 Å². The van der Waals surface area contributed by atoms with Gasteiger partial charge < -0.3 is 15.5 Å². The highest BCUT2D eigenvalue weighted by Crippen LogP contribution is 2.20. The molecule has 1 aromatic carbocycles. The molecule has 0 aliphatic rings. The Morgan fingerprint density at radius 3 is 2.50 bits per heavy atom. The molecular weight excluding hydrogens is 286 g/mol. The highest BCUT2D eigenvalue weighted by molar-refractivity contribution is 6.34. The fourth-order valence-electron chi connectivity index (χ4n) is 1.58. The Bertz CT molecular complexity index is 544. The van der Waals surface area contributed by atoms with Crippen LogP contribution < -0.4 is 5.32 Å². The SMILES string of the molecule is Cc1cccc(C(=O)NC(CCC(=O)O)C(=O)O)c1Cl. The molecule has 0 fully saturated rings. The van der Waals surface area contributed by atoms with Crippen molar-refractivity contribution in [2.75, 3.05) is 0 Å². The van der Waals surface area contributed by atoms with E-state index in [1.54, 1.807) is 19.1 Å². The summed E-state index contributed by atoms with van der Waals surface area (Å²) in [6.07, 6.45) is -0.543. The lowest BCUT2D eigenvalue weighted by molar-refractivity contribution is -0.140. The van der Waals surface area contributed by atoms with Crippen LogP contribution in [0.3, 0.4) is 0 Å². The monoisotopic (exact) mass is 299 g/mol. The van der Waals surface area contributed by atoms with Gasteiger partial charge in [-0.2, -0.15) is 0 Å². The number of aliphatic carboxylic acids is 2. The first kappa shape index (κ1) is 16.0. The van der Waals surface area contributed by atoms with Crippen molar-refractivity contribution in [3.05, 3.63) is 34.3 Å². The van der Waals surface area contributed by atoms with E-state index in [0.29, 0.717) is 5.56 Å². The van der Waals surface area contributed by atoms with Gasteiger partial charge in [-0.15, -0.1) is 0 Å². The van der Waals surface area contributed by atoms with Gasteiger partial charge in [0.15, 0.2) is 0 Å². The van der Waals surface area contributed by atoms with Crippen LogP contribution in [0.25, 0.3) is 0 Å². The maximum Gasteiger partial charge on any atom is 0.326 e. The number of carboxylic acids is 2. The number of amides is 1. The molecule has 0 bridgehead atoms. The lowest BCUT2D eigenvalue weighted by Gasteiger charge is -2.14. The average molecular weight is 300 g/mol. The lowest BCUT2D eigenvalue weighted by Crippen LogP contribution is -2.41. The second-order valence-corrected chi connectivity index (χ2v) is 4.61. The van der Waals surface area contributed by atoms with Gasteiger partial charge in [-0.25, -0.2) is 4.79 Å². The summed E-state index contributed by atoms with van der Waals surface area (Å²) < 4.78 is 0. The van der Waals surface area contributed by atoms with Crippen LogP contribution in [-0.2, 0) is 9.59 Å². The van der Waals surface area contributed by atoms with E-state index >= 15 is 0 Å². The Morgan fingerprint density at radius 2 is 1.95 bits per heavy atom. The molecule has 0 radical (unpaired) electrons. The first-order valence-electron chi connectivity index (χ1n) is 5.83. The van der Waals surface area contributed by atoms with Crippen LogP contribution in [0, 0.1) is 6.92 Å². The Kier molecular flexibility index (Phi) is 5.52. The molecule has 7 heteroatoms. The van der Waals surface area contributed by atoms with Crippen LogP contribution in [0.4, 0.5) is 0 Å². The fourth-order valence-corrected chi connectivity index (χ4v) is 1.80. The van der Waals surface area contributed by atoms with Crippen molar-refractivity contribution in [2.45, 2.75) is 25.8 Å². The van der Waals surface area contributed by atoms with Gasteiger partial charge in [0.05, 0.1) is 10.6 Å². The van der Waals surface area contributed by atoms with Gasteiger partial charge in [0.25, 0.3) is 5.91 Å². The van der Waals surface area contributed by atoms with Gasteiger partial charge in [-0.1, -0.05) is 23.7 Å². The standard InChI is InChI=1S/C13H14ClNO5/c1-7-3-2-4-8(11(7)14)12(18)15-9(13(19)20)5-6-10(16)17/h2-4,9H,5-6H2,1H3,(H,15,18)(H,16,17)(H,19,20). The molecule has 0 aliphatic heterocycles. The molecule has 0 spiro atoms. The van der Waals surface area contributed by atoms with Gasteiger partial charge in [-0.3, -0.25) is 9.59 Å². The number of hydrogen-bond donors (Lipinski definition) is 3. The second kappa shape index (κ2) is 6.91. The van der Waals surface area contributed by atoms with Crippen LogP contribution in [0.15, 0.2) is 18.2 Å². The van der Waals surface area contributed by atoms with Gasteiger partial charge in [0, 0.05) is 6.42 Å². The second-order valence-electron chi connectivity index (χ2n) is 4.23. The molecule has 20 heavy (non-hydrogen) atoms. The number of carbonyl (C=O) groups is 3. The molecule has 1 atom stereocenters. The molecule has 1 unspecified atom stereocenters. The Morgan fingerprint density at radius 1 is 1.30 bits per heavy atom. The van der Waals surface area contributed by atoms with E-state index in [-0.39, 0.29) is 23.4 Å². The molecule has 0 aliphatic carbocycles. The highest BCUT2D eigenvalue weighted by atomic mass is 35.5. The van der Waals surface area contributed by atoms with Crippen molar-refractivity contribution in [2.24, 2.45) is 0 Å². The summed E-state index contributed by atoms with van der Waals surface area (Å²) in [7, 11) is 0. The minimum Gasteiger partial charge on any atom is -0.481 e. The number of halogens is 1. The zero-order valence-electron chi connectivity index (χ0n) is 10.7. The number of carboxylic acid groups (broad SMARTS) is 2. The third-order valence-corrected chi connectivity index (χ3v) is 3.19. The molecule has 1 rings (SSSR count). The first-order valence-corrected chi connectivity index (χ1v) is 6.21. The molecule has 6 nitrogen and oxygen atoms in total. The van der Waals surface area contributed by atoms with Crippen molar-refractivity contribution in [3.63, 3.8) is 0 Å². The predicted molar refractivity (Wildman–Crippen MR) is 71.9 cm³/mol.